The minimum atomic E-state index is 0.989. The van der Waals surface area contributed by atoms with Gasteiger partial charge in [0.1, 0.15) is 6.20 Å². The van der Waals surface area contributed by atoms with E-state index in [9.17, 15) is 0 Å². The fourth-order valence-electron chi connectivity index (χ4n) is 4.05. The summed E-state index contributed by atoms with van der Waals surface area (Å²) in [6.45, 7) is 2.15. The van der Waals surface area contributed by atoms with Gasteiger partial charge in [-0.25, -0.2) is 4.57 Å². The van der Waals surface area contributed by atoms with Crippen LogP contribution >= 0.6 is 0 Å². The van der Waals surface area contributed by atoms with Crippen molar-refractivity contribution in [1.29, 1.82) is 0 Å². The van der Waals surface area contributed by atoms with Gasteiger partial charge in [0.05, 0.1) is 18.8 Å². The topological polar surface area (TPSA) is 16.8 Å². The Bertz CT molecular complexity index is 1170. The molecule has 2 heteroatoms. The van der Waals surface area contributed by atoms with E-state index in [4.69, 9.17) is 0 Å². The number of fused-ring (bicyclic) bond motifs is 3. The number of hydrogen-bond acceptors (Lipinski definition) is 1. The Morgan fingerprint density at radius 2 is 1.52 bits per heavy atom. The fourth-order valence-corrected chi connectivity index (χ4v) is 4.05. The molecule has 0 N–H and O–H groups in total. The molecule has 5 rings (SSSR count). The van der Waals surface area contributed by atoms with E-state index in [-0.39, 0.29) is 0 Å². The molecule has 0 spiro atoms. The zero-order chi connectivity index (χ0) is 18.4. The lowest BCUT2D eigenvalue weighted by molar-refractivity contribution is -0.663. The van der Waals surface area contributed by atoms with E-state index in [1.807, 2.05) is 25.5 Å². The molecule has 0 unspecified atom stereocenters. The van der Waals surface area contributed by atoms with Gasteiger partial charge in [0.2, 0.25) is 0 Å². The molecule has 1 aromatic heterocycles. The molecule has 0 radical (unpaired) electrons. The summed E-state index contributed by atoms with van der Waals surface area (Å²) in [5, 5.41) is 0. The number of benzene rings is 3. The van der Waals surface area contributed by atoms with Gasteiger partial charge in [0.25, 0.3) is 0 Å². The number of aromatic nitrogens is 2. The Morgan fingerprint density at radius 1 is 0.778 bits per heavy atom. The Labute approximate surface area is 159 Å². The molecular formula is C25H21N2+. The summed E-state index contributed by atoms with van der Waals surface area (Å²) in [6.07, 6.45) is 4.93. The maximum atomic E-state index is 4.59. The van der Waals surface area contributed by atoms with Crippen molar-refractivity contribution in [1.82, 2.24) is 4.98 Å². The molecule has 4 aromatic rings. The molecular weight excluding hydrogens is 328 g/mol. The zero-order valence-corrected chi connectivity index (χ0v) is 15.6. The quantitative estimate of drug-likeness (QED) is 0.404. The Morgan fingerprint density at radius 3 is 2.37 bits per heavy atom. The second-order valence-electron chi connectivity index (χ2n) is 7.29. The smallest absolute Gasteiger partial charge is 0.233 e. The third-order valence-electron chi connectivity index (χ3n) is 5.54. The lowest BCUT2D eigenvalue weighted by Gasteiger charge is -2.09. The predicted molar refractivity (Wildman–Crippen MR) is 109 cm³/mol. The van der Waals surface area contributed by atoms with E-state index in [0.29, 0.717) is 0 Å². The molecule has 27 heavy (non-hydrogen) atoms. The van der Waals surface area contributed by atoms with Gasteiger partial charge in [0, 0.05) is 6.07 Å². The normalized spacial score (nSPS) is 11.9. The van der Waals surface area contributed by atoms with Crippen molar-refractivity contribution < 1.29 is 4.57 Å². The Hall–Kier alpha value is -3.26. The van der Waals surface area contributed by atoms with Crippen LogP contribution in [0.3, 0.4) is 0 Å². The molecule has 0 saturated heterocycles. The molecule has 0 atom stereocenters. The molecule has 0 amide bonds. The minimum absolute atomic E-state index is 0.989. The van der Waals surface area contributed by atoms with Crippen LogP contribution in [0.1, 0.15) is 16.7 Å². The molecule has 2 nitrogen and oxygen atoms in total. The first-order valence-electron chi connectivity index (χ1n) is 9.34. The van der Waals surface area contributed by atoms with E-state index in [0.717, 1.165) is 12.2 Å². The average Bonchev–Trinajstić information content (AvgIpc) is 3.07. The number of nitrogens with zero attached hydrogens (tertiary/aromatic N) is 2. The number of aryl methyl sites for hydroxylation is 2. The molecule has 0 saturated carbocycles. The van der Waals surface area contributed by atoms with Gasteiger partial charge in [-0.05, 0) is 69.4 Å². The van der Waals surface area contributed by atoms with Gasteiger partial charge in [-0.15, -0.1) is 0 Å². The van der Waals surface area contributed by atoms with Crippen LogP contribution in [0.2, 0.25) is 0 Å². The van der Waals surface area contributed by atoms with Crippen LogP contribution in [-0.4, -0.2) is 4.98 Å². The highest BCUT2D eigenvalue weighted by molar-refractivity contribution is 5.82. The largest absolute Gasteiger partial charge is 0.330 e. The van der Waals surface area contributed by atoms with Gasteiger partial charge in [0.15, 0.2) is 0 Å². The molecule has 1 aliphatic carbocycles. The molecule has 130 valence electrons. The number of hydrogen-bond donors (Lipinski definition) is 0. The first-order valence-corrected chi connectivity index (χ1v) is 9.34. The average molecular weight is 349 g/mol. The summed E-state index contributed by atoms with van der Waals surface area (Å²) in [5.41, 5.74) is 10.5. The fraction of sp³-hybridized carbons (Fsp3) is 0.120. The minimum Gasteiger partial charge on any atom is -0.233 e. The highest BCUT2D eigenvalue weighted by Gasteiger charge is 2.19. The molecule has 0 fully saturated rings. The SMILES string of the molecule is Cc1ccc(-c2ccc3c(c2)-c2ccccc2C3)cc1-c1nccc[n+]1C. The number of rotatable bonds is 2. The molecule has 3 aromatic carbocycles. The Kier molecular flexibility index (Phi) is 3.64. The van der Waals surface area contributed by atoms with Gasteiger partial charge < -0.3 is 0 Å². The zero-order valence-electron chi connectivity index (χ0n) is 15.6. The third kappa shape index (κ3) is 2.65. The van der Waals surface area contributed by atoms with Crippen molar-refractivity contribution in [2.45, 2.75) is 13.3 Å². The second-order valence-corrected chi connectivity index (χ2v) is 7.29. The van der Waals surface area contributed by atoms with E-state index < -0.39 is 0 Å². The first-order chi connectivity index (χ1) is 13.2. The summed E-state index contributed by atoms with van der Waals surface area (Å²) in [6, 6.07) is 24.2. The van der Waals surface area contributed by atoms with Crippen molar-refractivity contribution in [3.05, 3.63) is 95.8 Å². The van der Waals surface area contributed by atoms with Crippen molar-refractivity contribution in [3.8, 4) is 33.6 Å². The monoisotopic (exact) mass is 349 g/mol. The van der Waals surface area contributed by atoms with E-state index in [2.05, 4.69) is 77.1 Å². The van der Waals surface area contributed by atoms with Crippen molar-refractivity contribution in [2.24, 2.45) is 7.05 Å². The first kappa shape index (κ1) is 16.0. The molecule has 0 aliphatic heterocycles. The summed E-state index contributed by atoms with van der Waals surface area (Å²) in [7, 11) is 2.04. The van der Waals surface area contributed by atoms with Crippen molar-refractivity contribution in [2.75, 3.05) is 0 Å². The van der Waals surface area contributed by atoms with Crippen molar-refractivity contribution in [3.63, 3.8) is 0 Å². The van der Waals surface area contributed by atoms with E-state index in [1.165, 1.54) is 44.5 Å². The lowest BCUT2D eigenvalue weighted by atomic mass is 9.95. The van der Waals surface area contributed by atoms with Gasteiger partial charge >= 0.3 is 5.82 Å². The lowest BCUT2D eigenvalue weighted by Crippen LogP contribution is -2.31. The van der Waals surface area contributed by atoms with E-state index >= 15 is 0 Å². The van der Waals surface area contributed by atoms with Crippen LogP contribution in [0.25, 0.3) is 33.6 Å². The summed E-state index contributed by atoms with van der Waals surface area (Å²) in [4.78, 5) is 4.59. The van der Waals surface area contributed by atoms with E-state index in [1.54, 1.807) is 0 Å². The second kappa shape index (κ2) is 6.17. The maximum absolute atomic E-state index is 4.59. The van der Waals surface area contributed by atoms with Gasteiger partial charge in [-0.2, -0.15) is 0 Å². The van der Waals surface area contributed by atoms with Crippen LogP contribution in [0.15, 0.2) is 79.1 Å². The van der Waals surface area contributed by atoms with Crippen LogP contribution < -0.4 is 4.57 Å². The standard InChI is InChI=1S/C25H21N2/c1-17-8-9-18(15-23(17)25-26-12-5-13-27(25)2)19-10-11-21-14-20-6-3-4-7-22(20)24(21)16-19/h3-13,15-16H,14H2,1-2H3/q+1. The summed E-state index contributed by atoms with van der Waals surface area (Å²) < 4.78 is 2.07. The Balaban J connectivity index is 1.63. The molecule has 1 aliphatic rings. The van der Waals surface area contributed by atoms with Gasteiger partial charge in [-0.1, -0.05) is 48.5 Å². The third-order valence-corrected chi connectivity index (χ3v) is 5.54. The van der Waals surface area contributed by atoms with Crippen molar-refractivity contribution >= 4 is 0 Å². The highest BCUT2D eigenvalue weighted by atomic mass is 15.0. The van der Waals surface area contributed by atoms with Gasteiger partial charge in [-0.3, -0.25) is 0 Å². The highest BCUT2D eigenvalue weighted by Crippen LogP contribution is 2.39. The maximum Gasteiger partial charge on any atom is 0.330 e. The van der Waals surface area contributed by atoms with Crippen LogP contribution in [0, 0.1) is 6.92 Å². The van der Waals surface area contributed by atoms with Crippen LogP contribution in [0.5, 0.6) is 0 Å². The summed E-state index contributed by atoms with van der Waals surface area (Å²) in [5.74, 6) is 0.989. The van der Waals surface area contributed by atoms with Crippen LogP contribution in [0.4, 0.5) is 0 Å². The van der Waals surface area contributed by atoms with Crippen LogP contribution in [-0.2, 0) is 13.5 Å². The summed E-state index contributed by atoms with van der Waals surface area (Å²) >= 11 is 0. The molecule has 1 heterocycles. The molecule has 0 bridgehead atoms. The predicted octanol–water partition coefficient (Wildman–Crippen LogP) is 5.12.